The van der Waals surface area contributed by atoms with Crippen molar-refractivity contribution in [2.75, 3.05) is 63.2 Å². The fraction of sp³-hybridized carbons (Fsp3) is 0.421. The summed E-state index contributed by atoms with van der Waals surface area (Å²) >= 11 is 0. The second-order valence-electron chi connectivity index (χ2n) is 6.61. The largest absolute Gasteiger partial charge is 0.368 e. The van der Waals surface area contributed by atoms with Crippen molar-refractivity contribution in [1.29, 1.82) is 0 Å². The number of hydrogen-bond acceptors (Lipinski definition) is 6. The number of benzene rings is 1. The number of hydrogen-bond donors (Lipinski definition) is 1. The van der Waals surface area contributed by atoms with Crippen LogP contribution in [0.2, 0.25) is 0 Å². The number of anilines is 2. The van der Waals surface area contributed by atoms with Crippen LogP contribution in [0.15, 0.2) is 42.6 Å². The molecule has 0 bridgehead atoms. The summed E-state index contributed by atoms with van der Waals surface area (Å²) in [5.74, 6) is 0.469. The monoisotopic (exact) mass is 354 g/mol. The molecule has 138 valence electrons. The van der Waals surface area contributed by atoms with Gasteiger partial charge in [0, 0.05) is 51.2 Å². The lowest BCUT2D eigenvalue weighted by Gasteiger charge is -2.36. The van der Waals surface area contributed by atoms with Gasteiger partial charge in [-0.25, -0.2) is 9.97 Å². The van der Waals surface area contributed by atoms with Gasteiger partial charge in [0.25, 0.3) is 5.91 Å². The normalized spacial score (nSPS) is 14.6. The van der Waals surface area contributed by atoms with Crippen LogP contribution in [0.1, 0.15) is 10.5 Å². The second-order valence-corrected chi connectivity index (χ2v) is 6.61. The molecule has 1 fully saturated rings. The van der Waals surface area contributed by atoms with Gasteiger partial charge in [0.15, 0.2) is 0 Å². The highest BCUT2D eigenvalue weighted by Gasteiger charge is 2.20. The third kappa shape index (κ3) is 4.70. The molecule has 1 aromatic heterocycles. The van der Waals surface area contributed by atoms with Crippen LogP contribution in [0.3, 0.4) is 0 Å². The quantitative estimate of drug-likeness (QED) is 0.838. The number of carbonyl (C=O) groups excluding carboxylic acids is 1. The number of rotatable bonds is 6. The van der Waals surface area contributed by atoms with E-state index in [9.17, 15) is 4.79 Å². The number of amides is 1. The molecule has 0 spiro atoms. The van der Waals surface area contributed by atoms with Crippen molar-refractivity contribution >= 4 is 17.5 Å². The first-order valence-electron chi connectivity index (χ1n) is 8.94. The molecule has 7 heteroatoms. The van der Waals surface area contributed by atoms with Gasteiger partial charge in [-0.05, 0) is 32.3 Å². The average molecular weight is 354 g/mol. The Morgan fingerprint density at radius 2 is 1.77 bits per heavy atom. The Morgan fingerprint density at radius 3 is 2.46 bits per heavy atom. The summed E-state index contributed by atoms with van der Waals surface area (Å²) in [6.45, 7) is 4.88. The van der Waals surface area contributed by atoms with Crippen LogP contribution < -0.4 is 15.1 Å². The fourth-order valence-electron chi connectivity index (χ4n) is 2.91. The number of para-hydroxylation sites is 1. The second kappa shape index (κ2) is 8.62. The van der Waals surface area contributed by atoms with Gasteiger partial charge in [-0.3, -0.25) is 4.79 Å². The molecule has 1 aliphatic heterocycles. The minimum Gasteiger partial charge on any atom is -0.368 e. The van der Waals surface area contributed by atoms with Gasteiger partial charge in [0.05, 0.1) is 0 Å². The van der Waals surface area contributed by atoms with Crippen molar-refractivity contribution in [3.8, 4) is 0 Å². The van der Waals surface area contributed by atoms with Crippen LogP contribution in [0, 0.1) is 0 Å². The van der Waals surface area contributed by atoms with E-state index in [-0.39, 0.29) is 5.91 Å². The maximum absolute atomic E-state index is 12.3. The Labute approximate surface area is 154 Å². The van der Waals surface area contributed by atoms with Crippen LogP contribution in [0.4, 0.5) is 11.6 Å². The summed E-state index contributed by atoms with van der Waals surface area (Å²) in [6.07, 6.45) is 1.66. The number of carbonyl (C=O) groups is 1. The van der Waals surface area contributed by atoms with Crippen molar-refractivity contribution < 1.29 is 4.79 Å². The van der Waals surface area contributed by atoms with Crippen LogP contribution in [-0.4, -0.2) is 74.1 Å². The van der Waals surface area contributed by atoms with Gasteiger partial charge in [-0.2, -0.15) is 0 Å². The third-order valence-electron chi connectivity index (χ3n) is 4.40. The number of aromatic nitrogens is 2. The van der Waals surface area contributed by atoms with E-state index in [4.69, 9.17) is 0 Å². The van der Waals surface area contributed by atoms with E-state index in [2.05, 4.69) is 49.4 Å². The van der Waals surface area contributed by atoms with E-state index in [1.807, 2.05) is 25.1 Å². The van der Waals surface area contributed by atoms with Gasteiger partial charge in [-0.15, -0.1) is 0 Å². The molecule has 0 saturated carbocycles. The lowest BCUT2D eigenvalue weighted by Crippen LogP contribution is -2.47. The number of nitrogens with zero attached hydrogens (tertiary/aromatic N) is 5. The first-order valence-corrected chi connectivity index (χ1v) is 8.94. The Morgan fingerprint density at radius 1 is 1.08 bits per heavy atom. The summed E-state index contributed by atoms with van der Waals surface area (Å²) in [4.78, 5) is 27.6. The van der Waals surface area contributed by atoms with E-state index in [0.717, 1.165) is 32.7 Å². The molecule has 3 rings (SSSR count). The number of nitrogens with one attached hydrogen (secondary N) is 1. The fourth-order valence-corrected chi connectivity index (χ4v) is 2.91. The first kappa shape index (κ1) is 18.1. The molecular formula is C19H26N6O. The van der Waals surface area contributed by atoms with Crippen LogP contribution >= 0.6 is 0 Å². The van der Waals surface area contributed by atoms with Crippen molar-refractivity contribution in [2.45, 2.75) is 0 Å². The Kier molecular flexibility index (Phi) is 6.01. The number of piperazine rings is 1. The van der Waals surface area contributed by atoms with Gasteiger partial charge in [0.2, 0.25) is 5.95 Å². The molecule has 2 aromatic rings. The zero-order valence-electron chi connectivity index (χ0n) is 15.4. The van der Waals surface area contributed by atoms with Crippen LogP contribution in [0.5, 0.6) is 0 Å². The maximum atomic E-state index is 12.3. The lowest BCUT2D eigenvalue weighted by molar-refractivity contribution is 0.0946. The standard InChI is InChI=1S/C19H26N6O/c1-23(2)11-10-20-18(26)17-8-9-21-19(22-17)25-14-12-24(13-15-25)16-6-4-3-5-7-16/h3-9H,10-15H2,1-2H3,(H,20,26). The number of likely N-dealkylation sites (N-methyl/N-ethyl adjacent to an activating group) is 1. The van der Waals surface area contributed by atoms with Gasteiger partial charge in [-0.1, -0.05) is 18.2 Å². The Balaban J connectivity index is 1.58. The SMILES string of the molecule is CN(C)CCNC(=O)c1ccnc(N2CCN(c3ccccc3)CC2)n1. The molecule has 26 heavy (non-hydrogen) atoms. The van der Waals surface area contributed by atoms with Crippen molar-refractivity contribution in [3.63, 3.8) is 0 Å². The molecule has 1 N–H and O–H groups in total. The highest BCUT2D eigenvalue weighted by molar-refractivity contribution is 5.92. The van der Waals surface area contributed by atoms with E-state index in [1.54, 1.807) is 12.3 Å². The molecule has 0 aliphatic carbocycles. The van der Waals surface area contributed by atoms with Crippen LogP contribution in [0.25, 0.3) is 0 Å². The highest BCUT2D eigenvalue weighted by atomic mass is 16.1. The molecule has 1 saturated heterocycles. The first-order chi connectivity index (χ1) is 12.6. The summed E-state index contributed by atoms with van der Waals surface area (Å²) in [7, 11) is 3.95. The molecule has 0 unspecified atom stereocenters. The van der Waals surface area contributed by atoms with E-state index < -0.39 is 0 Å². The molecule has 7 nitrogen and oxygen atoms in total. The maximum Gasteiger partial charge on any atom is 0.270 e. The molecule has 0 radical (unpaired) electrons. The summed E-state index contributed by atoms with van der Waals surface area (Å²) in [6, 6.07) is 12.1. The molecular weight excluding hydrogens is 328 g/mol. The molecule has 1 aromatic carbocycles. The smallest absolute Gasteiger partial charge is 0.270 e. The molecule has 1 amide bonds. The lowest BCUT2D eigenvalue weighted by atomic mass is 10.2. The minimum absolute atomic E-state index is 0.154. The zero-order valence-corrected chi connectivity index (χ0v) is 15.4. The zero-order chi connectivity index (χ0) is 18.4. The summed E-state index contributed by atoms with van der Waals surface area (Å²) in [5, 5.41) is 2.89. The predicted octanol–water partition coefficient (Wildman–Crippen LogP) is 1.09. The third-order valence-corrected chi connectivity index (χ3v) is 4.40. The topological polar surface area (TPSA) is 64.6 Å². The van der Waals surface area contributed by atoms with Gasteiger partial charge >= 0.3 is 0 Å². The predicted molar refractivity (Wildman–Crippen MR) is 104 cm³/mol. The van der Waals surface area contributed by atoms with E-state index >= 15 is 0 Å². The van der Waals surface area contributed by atoms with Crippen LogP contribution in [-0.2, 0) is 0 Å². The van der Waals surface area contributed by atoms with Crippen molar-refractivity contribution in [2.24, 2.45) is 0 Å². The molecule has 2 heterocycles. The highest BCUT2D eigenvalue weighted by Crippen LogP contribution is 2.17. The minimum atomic E-state index is -0.154. The van der Waals surface area contributed by atoms with Gasteiger partial charge in [0.1, 0.15) is 5.69 Å². The van der Waals surface area contributed by atoms with Crippen molar-refractivity contribution in [1.82, 2.24) is 20.2 Å². The van der Waals surface area contributed by atoms with Crippen molar-refractivity contribution in [3.05, 3.63) is 48.3 Å². The summed E-state index contributed by atoms with van der Waals surface area (Å²) < 4.78 is 0. The van der Waals surface area contributed by atoms with Gasteiger partial charge < -0.3 is 20.0 Å². The summed E-state index contributed by atoms with van der Waals surface area (Å²) in [5.41, 5.74) is 1.65. The average Bonchev–Trinajstić information content (AvgIpc) is 2.68. The molecule has 1 aliphatic rings. The van der Waals surface area contributed by atoms with E-state index in [1.165, 1.54) is 5.69 Å². The molecule has 0 atom stereocenters. The Bertz CT molecular complexity index is 713. The van der Waals surface area contributed by atoms with E-state index in [0.29, 0.717) is 18.2 Å². The Hall–Kier alpha value is -2.67.